The van der Waals surface area contributed by atoms with Crippen LogP contribution in [0.1, 0.15) is 58.1 Å². The van der Waals surface area contributed by atoms with Gasteiger partial charge < -0.3 is 15.0 Å². The maximum absolute atomic E-state index is 12.7. The third kappa shape index (κ3) is 4.25. The summed E-state index contributed by atoms with van der Waals surface area (Å²) in [6, 6.07) is 11.5. The predicted octanol–water partition coefficient (Wildman–Crippen LogP) is 3.88. The molecule has 4 nitrogen and oxygen atoms in total. The van der Waals surface area contributed by atoms with E-state index in [4.69, 9.17) is 4.74 Å². The minimum absolute atomic E-state index is 0.140. The number of amides is 1. The van der Waals surface area contributed by atoms with Crippen molar-refractivity contribution < 1.29 is 9.53 Å². The molecule has 126 valence electrons. The maximum Gasteiger partial charge on any atom is 0.410 e. The molecule has 1 aromatic carbocycles. The SMILES string of the molecule is CC(C)(C)OC(=O)N(C1CC1)[C@@H]1CCN[C@H](c2ccccc2)C1. The number of carbonyl (C=O) groups is 1. The van der Waals surface area contributed by atoms with Crippen molar-refractivity contribution in [2.24, 2.45) is 0 Å². The molecular weight excluding hydrogens is 288 g/mol. The lowest BCUT2D eigenvalue weighted by Crippen LogP contribution is -2.49. The molecule has 1 saturated carbocycles. The second-order valence-corrected chi connectivity index (χ2v) is 7.71. The number of hydrogen-bond acceptors (Lipinski definition) is 3. The van der Waals surface area contributed by atoms with Crippen LogP contribution in [-0.4, -0.2) is 35.2 Å². The Hall–Kier alpha value is -1.55. The number of nitrogens with zero attached hydrogens (tertiary/aromatic N) is 1. The Balaban J connectivity index is 1.71. The number of nitrogens with one attached hydrogen (secondary N) is 1. The summed E-state index contributed by atoms with van der Waals surface area (Å²) >= 11 is 0. The first-order valence-corrected chi connectivity index (χ1v) is 8.74. The van der Waals surface area contributed by atoms with E-state index in [1.54, 1.807) is 0 Å². The Morgan fingerprint density at radius 3 is 2.43 bits per heavy atom. The van der Waals surface area contributed by atoms with Crippen LogP contribution >= 0.6 is 0 Å². The van der Waals surface area contributed by atoms with E-state index < -0.39 is 5.60 Å². The van der Waals surface area contributed by atoms with Crippen LogP contribution in [0.15, 0.2) is 30.3 Å². The quantitative estimate of drug-likeness (QED) is 0.920. The molecule has 0 bridgehead atoms. The van der Waals surface area contributed by atoms with Crippen molar-refractivity contribution in [3.05, 3.63) is 35.9 Å². The molecule has 1 N–H and O–H groups in total. The van der Waals surface area contributed by atoms with Gasteiger partial charge in [-0.15, -0.1) is 0 Å². The highest BCUT2D eigenvalue weighted by Crippen LogP contribution is 2.35. The largest absolute Gasteiger partial charge is 0.444 e. The van der Waals surface area contributed by atoms with Crippen LogP contribution in [0.25, 0.3) is 0 Å². The minimum atomic E-state index is -0.435. The normalized spacial score (nSPS) is 25.0. The molecule has 23 heavy (non-hydrogen) atoms. The average Bonchev–Trinajstić information content (AvgIpc) is 3.32. The summed E-state index contributed by atoms with van der Waals surface area (Å²) in [5.41, 5.74) is 0.868. The van der Waals surface area contributed by atoms with E-state index in [2.05, 4.69) is 29.6 Å². The van der Waals surface area contributed by atoms with Gasteiger partial charge in [0.1, 0.15) is 5.60 Å². The molecule has 1 saturated heterocycles. The maximum atomic E-state index is 12.7. The second kappa shape index (κ2) is 6.52. The molecule has 3 rings (SSSR count). The van der Waals surface area contributed by atoms with E-state index in [0.717, 1.165) is 32.2 Å². The Kier molecular flexibility index (Phi) is 4.62. The summed E-state index contributed by atoms with van der Waals surface area (Å²) in [5.74, 6) is 0. The standard InChI is InChI=1S/C19H28N2O2/c1-19(2,3)23-18(22)21(15-9-10-15)16-11-12-20-17(13-16)14-7-5-4-6-8-14/h4-8,15-17,20H,9-13H2,1-3H3/t16-,17+/m1/s1. The van der Waals surface area contributed by atoms with Gasteiger partial charge in [0.25, 0.3) is 0 Å². The minimum Gasteiger partial charge on any atom is -0.444 e. The van der Waals surface area contributed by atoms with E-state index in [1.165, 1.54) is 5.56 Å². The van der Waals surface area contributed by atoms with Crippen molar-refractivity contribution in [2.75, 3.05) is 6.54 Å². The molecule has 1 heterocycles. The molecule has 4 heteroatoms. The van der Waals surface area contributed by atoms with Crippen LogP contribution in [0.4, 0.5) is 4.79 Å². The first-order chi connectivity index (χ1) is 10.9. The number of piperidine rings is 1. The Bertz CT molecular complexity index is 534. The molecule has 0 aromatic heterocycles. The number of rotatable bonds is 3. The van der Waals surface area contributed by atoms with E-state index in [1.807, 2.05) is 31.7 Å². The Labute approximate surface area is 139 Å². The van der Waals surface area contributed by atoms with Gasteiger partial charge >= 0.3 is 6.09 Å². The monoisotopic (exact) mass is 316 g/mol. The van der Waals surface area contributed by atoms with Crippen molar-refractivity contribution in [1.29, 1.82) is 0 Å². The zero-order chi connectivity index (χ0) is 16.4. The van der Waals surface area contributed by atoms with Gasteiger partial charge in [-0.1, -0.05) is 30.3 Å². The van der Waals surface area contributed by atoms with E-state index >= 15 is 0 Å². The Morgan fingerprint density at radius 2 is 1.83 bits per heavy atom. The highest BCUT2D eigenvalue weighted by atomic mass is 16.6. The van der Waals surface area contributed by atoms with Crippen LogP contribution < -0.4 is 5.32 Å². The first kappa shape index (κ1) is 16.3. The Morgan fingerprint density at radius 1 is 1.13 bits per heavy atom. The molecule has 1 amide bonds. The van der Waals surface area contributed by atoms with Crippen LogP contribution in [0.5, 0.6) is 0 Å². The van der Waals surface area contributed by atoms with Gasteiger partial charge in [0.2, 0.25) is 0 Å². The first-order valence-electron chi connectivity index (χ1n) is 8.74. The molecule has 1 aliphatic carbocycles. The van der Waals surface area contributed by atoms with Gasteiger partial charge in [0.05, 0.1) is 0 Å². The molecule has 2 fully saturated rings. The lowest BCUT2D eigenvalue weighted by atomic mass is 9.93. The third-order valence-electron chi connectivity index (χ3n) is 4.52. The van der Waals surface area contributed by atoms with Gasteiger partial charge in [0, 0.05) is 18.1 Å². The summed E-state index contributed by atoms with van der Waals surface area (Å²) in [6.45, 7) is 6.75. The fourth-order valence-corrected chi connectivity index (χ4v) is 3.35. The average molecular weight is 316 g/mol. The van der Waals surface area contributed by atoms with Gasteiger partial charge in [-0.3, -0.25) is 0 Å². The van der Waals surface area contributed by atoms with Gasteiger partial charge in [0.15, 0.2) is 0 Å². The molecular formula is C19H28N2O2. The van der Waals surface area contributed by atoms with Gasteiger partial charge in [-0.2, -0.15) is 0 Å². The number of carbonyl (C=O) groups excluding carboxylic acids is 1. The third-order valence-corrected chi connectivity index (χ3v) is 4.52. The summed E-state index contributed by atoms with van der Waals surface area (Å²) < 4.78 is 5.66. The second-order valence-electron chi connectivity index (χ2n) is 7.71. The number of hydrogen-bond donors (Lipinski definition) is 1. The van der Waals surface area contributed by atoms with Crippen LogP contribution in [0.2, 0.25) is 0 Å². The fraction of sp³-hybridized carbons (Fsp3) is 0.632. The van der Waals surface area contributed by atoms with Crippen molar-refractivity contribution in [3.8, 4) is 0 Å². The van der Waals surface area contributed by atoms with Crippen LogP contribution in [-0.2, 0) is 4.74 Å². The molecule has 1 aromatic rings. The highest BCUT2D eigenvalue weighted by Gasteiger charge is 2.41. The molecule has 2 aliphatic rings. The van der Waals surface area contributed by atoms with E-state index in [-0.39, 0.29) is 12.1 Å². The molecule has 0 unspecified atom stereocenters. The zero-order valence-corrected chi connectivity index (χ0v) is 14.4. The smallest absolute Gasteiger partial charge is 0.410 e. The van der Waals surface area contributed by atoms with E-state index in [9.17, 15) is 4.79 Å². The molecule has 1 aliphatic heterocycles. The lowest BCUT2D eigenvalue weighted by molar-refractivity contribution is 0.00877. The summed E-state index contributed by atoms with van der Waals surface area (Å²) in [4.78, 5) is 14.7. The van der Waals surface area contributed by atoms with E-state index in [0.29, 0.717) is 12.1 Å². The van der Waals surface area contributed by atoms with Gasteiger partial charge in [-0.25, -0.2) is 4.79 Å². The zero-order valence-electron chi connectivity index (χ0n) is 14.4. The van der Waals surface area contributed by atoms with Crippen molar-refractivity contribution in [1.82, 2.24) is 10.2 Å². The lowest BCUT2D eigenvalue weighted by Gasteiger charge is -2.39. The summed E-state index contributed by atoms with van der Waals surface area (Å²) in [6.07, 6.45) is 4.04. The number of ether oxygens (including phenoxy) is 1. The molecule has 0 radical (unpaired) electrons. The van der Waals surface area contributed by atoms with Crippen molar-refractivity contribution in [2.45, 2.75) is 70.2 Å². The van der Waals surface area contributed by atoms with Gasteiger partial charge in [-0.05, 0) is 58.6 Å². The van der Waals surface area contributed by atoms with Crippen molar-refractivity contribution in [3.63, 3.8) is 0 Å². The van der Waals surface area contributed by atoms with Crippen LogP contribution in [0, 0.1) is 0 Å². The molecule has 2 atom stereocenters. The number of benzene rings is 1. The van der Waals surface area contributed by atoms with Crippen molar-refractivity contribution >= 4 is 6.09 Å². The van der Waals surface area contributed by atoms with Crippen LogP contribution in [0.3, 0.4) is 0 Å². The highest BCUT2D eigenvalue weighted by molar-refractivity contribution is 5.69. The summed E-state index contributed by atoms with van der Waals surface area (Å²) in [7, 11) is 0. The topological polar surface area (TPSA) is 41.6 Å². The summed E-state index contributed by atoms with van der Waals surface area (Å²) in [5, 5.41) is 3.59. The molecule has 0 spiro atoms. The fourth-order valence-electron chi connectivity index (χ4n) is 3.35. The predicted molar refractivity (Wildman–Crippen MR) is 91.3 cm³/mol.